The molecule has 48 valence electrons. The van der Waals surface area contributed by atoms with Crippen LogP contribution in [0, 0.1) is 0 Å². The van der Waals surface area contributed by atoms with Crippen molar-refractivity contribution in [2.75, 3.05) is 0 Å². The molecule has 0 bridgehead atoms. The van der Waals surface area contributed by atoms with Gasteiger partial charge in [-0.1, -0.05) is 46.1 Å². The van der Waals surface area contributed by atoms with Crippen molar-refractivity contribution >= 4 is 15.9 Å². The van der Waals surface area contributed by atoms with Crippen LogP contribution >= 0.6 is 15.9 Å². The maximum Gasteiger partial charge on any atom is 0.0626 e. The highest BCUT2D eigenvalue weighted by Gasteiger charge is 1.95. The number of alkyl halides is 1. The molecule has 1 unspecified atom stereocenters. The molecule has 0 aliphatic heterocycles. The van der Waals surface area contributed by atoms with E-state index in [1.807, 2.05) is 0 Å². The van der Waals surface area contributed by atoms with Gasteiger partial charge >= 0.3 is 0 Å². The molecule has 9 heavy (non-hydrogen) atoms. The Labute approximate surface area is 76.7 Å². The SMILES string of the molecule is [2H]c1c([2H])c([2H])c(C([2H])(Br)C([2H])([2H])[2H])c([2H])c1[2H]. The molecule has 0 aromatic heterocycles. The second-order valence-electron chi connectivity index (χ2n) is 1.31. The fourth-order valence-corrected chi connectivity index (χ4v) is 0.558. The summed E-state index contributed by atoms with van der Waals surface area (Å²) < 4.78 is 66.8. The summed E-state index contributed by atoms with van der Waals surface area (Å²) in [6.07, 6.45) is 0. The average molecular weight is 194 g/mol. The van der Waals surface area contributed by atoms with Gasteiger partial charge in [-0.3, -0.25) is 0 Å². The summed E-state index contributed by atoms with van der Waals surface area (Å²) in [5, 5.41) is 0. The summed E-state index contributed by atoms with van der Waals surface area (Å²) >= 11 is 2.64. The molecule has 1 rings (SSSR count). The second kappa shape index (κ2) is 3.02. The molecule has 1 aromatic rings. The van der Waals surface area contributed by atoms with E-state index < -0.39 is 47.4 Å². The lowest BCUT2D eigenvalue weighted by molar-refractivity contribution is 1.12. The highest BCUT2D eigenvalue weighted by Crippen LogP contribution is 2.19. The molecule has 0 heterocycles. The Morgan fingerprint density at radius 2 is 2.33 bits per heavy atom. The van der Waals surface area contributed by atoms with Gasteiger partial charge in [0.15, 0.2) is 0 Å². The third kappa shape index (κ3) is 1.83. The van der Waals surface area contributed by atoms with Crippen LogP contribution in [0.5, 0.6) is 0 Å². The molecule has 0 nitrogen and oxygen atoms in total. The number of halogens is 1. The number of hydrogen-bond donors (Lipinski definition) is 0. The lowest BCUT2D eigenvalue weighted by atomic mass is 10.2. The van der Waals surface area contributed by atoms with E-state index in [1.54, 1.807) is 0 Å². The zero-order valence-electron chi connectivity index (χ0n) is 13.4. The molecular weight excluding hydrogens is 176 g/mol. The lowest BCUT2D eigenvalue weighted by Crippen LogP contribution is -1.79. The van der Waals surface area contributed by atoms with Crippen LogP contribution < -0.4 is 0 Å². The Kier molecular flexibility index (Phi) is 0.552. The van der Waals surface area contributed by atoms with Crippen LogP contribution in [0.2, 0.25) is 0 Å². The van der Waals surface area contributed by atoms with Crippen molar-refractivity contribution in [3.63, 3.8) is 0 Å². The van der Waals surface area contributed by atoms with Crippen LogP contribution in [0.25, 0.3) is 0 Å². The van der Waals surface area contributed by atoms with Gasteiger partial charge in [-0.05, 0) is 12.4 Å². The summed E-state index contributed by atoms with van der Waals surface area (Å²) in [5.74, 6) is 0. The Morgan fingerprint density at radius 1 is 1.67 bits per heavy atom. The average Bonchev–Trinajstić information content (AvgIpc) is 2.22. The first-order valence-electron chi connectivity index (χ1n) is 6.69. The summed E-state index contributed by atoms with van der Waals surface area (Å²) in [7, 11) is 0. The third-order valence-electron chi connectivity index (χ3n) is 0.719. The van der Waals surface area contributed by atoms with E-state index in [1.165, 1.54) is 0 Å². The van der Waals surface area contributed by atoms with Gasteiger partial charge in [0.2, 0.25) is 0 Å². The quantitative estimate of drug-likeness (QED) is 0.602. The maximum absolute atomic E-state index is 7.75. The molecule has 0 radical (unpaired) electrons. The minimum absolute atomic E-state index is 0.589. The van der Waals surface area contributed by atoms with Gasteiger partial charge in [0, 0.05) is 10.3 Å². The van der Waals surface area contributed by atoms with Gasteiger partial charge in [-0.15, -0.1) is 0 Å². The topological polar surface area (TPSA) is 0 Å². The Balaban J connectivity index is 3.72. The molecule has 1 atom stereocenters. The summed E-state index contributed by atoms with van der Waals surface area (Å²) in [5.41, 5.74) is -0.589. The lowest BCUT2D eigenvalue weighted by Gasteiger charge is -1.99. The van der Waals surface area contributed by atoms with Crippen molar-refractivity contribution in [1.29, 1.82) is 0 Å². The Hall–Kier alpha value is -0.300. The molecule has 0 saturated heterocycles. The van der Waals surface area contributed by atoms with Gasteiger partial charge < -0.3 is 0 Å². The zero-order valence-corrected chi connectivity index (χ0v) is 5.96. The minimum Gasteiger partial charge on any atom is -0.0842 e. The van der Waals surface area contributed by atoms with Crippen molar-refractivity contribution in [2.45, 2.75) is 11.7 Å². The van der Waals surface area contributed by atoms with Crippen molar-refractivity contribution in [3.8, 4) is 0 Å². The largest absolute Gasteiger partial charge is 0.0842 e. The van der Waals surface area contributed by atoms with E-state index in [-0.39, 0.29) is 0 Å². The number of rotatable bonds is 1. The van der Waals surface area contributed by atoms with E-state index in [2.05, 4.69) is 15.9 Å². The zero-order chi connectivity index (χ0) is 14.5. The Morgan fingerprint density at radius 3 is 2.89 bits per heavy atom. The molecule has 0 saturated carbocycles. The fourth-order valence-electron chi connectivity index (χ4n) is 0.360. The van der Waals surface area contributed by atoms with Crippen LogP contribution in [-0.4, -0.2) is 0 Å². The predicted molar refractivity (Wildman–Crippen MR) is 43.8 cm³/mol. The van der Waals surface area contributed by atoms with Crippen molar-refractivity contribution in [2.24, 2.45) is 0 Å². The van der Waals surface area contributed by atoms with E-state index in [0.29, 0.717) is 0 Å². The molecule has 0 fully saturated rings. The van der Waals surface area contributed by atoms with Gasteiger partial charge in [-0.25, -0.2) is 0 Å². The Bertz CT molecular complexity index is 461. The molecule has 0 spiro atoms. The monoisotopic (exact) mass is 193 g/mol. The number of benzene rings is 1. The second-order valence-corrected chi connectivity index (χ2v) is 2.11. The van der Waals surface area contributed by atoms with Crippen LogP contribution in [-0.2, 0) is 0 Å². The van der Waals surface area contributed by atoms with Gasteiger partial charge in [-0.2, -0.15) is 0 Å². The molecule has 0 aliphatic rings. The number of hydrogen-bond acceptors (Lipinski definition) is 0. The van der Waals surface area contributed by atoms with E-state index >= 15 is 0 Å². The highest BCUT2D eigenvalue weighted by atomic mass is 79.9. The molecule has 1 aromatic carbocycles. The minimum atomic E-state index is -2.87. The van der Waals surface area contributed by atoms with Crippen molar-refractivity contribution in [1.82, 2.24) is 0 Å². The first kappa shape index (κ1) is 1.65. The van der Waals surface area contributed by atoms with Gasteiger partial charge in [0.25, 0.3) is 0 Å². The third-order valence-corrected chi connectivity index (χ3v) is 1.12. The van der Waals surface area contributed by atoms with Crippen LogP contribution in [0.4, 0.5) is 0 Å². The smallest absolute Gasteiger partial charge is 0.0626 e. The highest BCUT2D eigenvalue weighted by molar-refractivity contribution is 9.09. The maximum atomic E-state index is 7.75. The fraction of sp³-hybridized carbons (Fsp3) is 0.250. The van der Waals surface area contributed by atoms with Gasteiger partial charge in [0.1, 0.15) is 0 Å². The first-order chi connectivity index (χ1) is 7.93. The molecule has 1 heteroatoms. The standard InChI is InChI=1S/C8H9Br/c1-7(9)8-5-3-2-4-6-8/h2-7H,1H3/i1D3,2D,3D,4D,5D,6D,7D. The van der Waals surface area contributed by atoms with E-state index in [0.717, 1.165) is 0 Å². The van der Waals surface area contributed by atoms with E-state index in [9.17, 15) is 0 Å². The molecule has 0 amide bonds. The summed E-state index contributed by atoms with van der Waals surface area (Å²) in [6.45, 7) is -2.87. The van der Waals surface area contributed by atoms with Crippen molar-refractivity contribution < 1.29 is 12.3 Å². The predicted octanol–water partition coefficient (Wildman–Crippen LogP) is 3.14. The van der Waals surface area contributed by atoms with Crippen LogP contribution in [0.3, 0.4) is 0 Å². The van der Waals surface area contributed by atoms with Crippen LogP contribution in [0.1, 0.15) is 29.6 Å². The first-order valence-corrected chi connectivity index (χ1v) is 2.98. The molecular formula is C8H9Br. The molecule has 0 aliphatic carbocycles. The normalized spacial score (nSPS) is 32.3. The summed E-state index contributed by atoms with van der Waals surface area (Å²) in [4.78, 5) is -2.45. The van der Waals surface area contributed by atoms with Gasteiger partial charge in [0.05, 0.1) is 6.85 Å². The molecule has 0 N–H and O–H groups in total. The van der Waals surface area contributed by atoms with Crippen LogP contribution in [0.15, 0.2) is 30.2 Å². The summed E-state index contributed by atoms with van der Waals surface area (Å²) in [6, 6.07) is -3.33. The van der Waals surface area contributed by atoms with Crippen molar-refractivity contribution in [3.05, 3.63) is 35.8 Å². The van der Waals surface area contributed by atoms with E-state index in [4.69, 9.17) is 12.3 Å².